The minimum absolute atomic E-state index is 0.00983. The van der Waals surface area contributed by atoms with E-state index in [9.17, 15) is 14.7 Å². The molecule has 1 aliphatic rings. The molecule has 10 nitrogen and oxygen atoms in total. The van der Waals surface area contributed by atoms with E-state index in [-0.39, 0.29) is 30.6 Å². The van der Waals surface area contributed by atoms with Crippen LogP contribution in [0.15, 0.2) is 60.0 Å². The van der Waals surface area contributed by atoms with Gasteiger partial charge in [0.2, 0.25) is 11.8 Å². The summed E-state index contributed by atoms with van der Waals surface area (Å²) in [5.41, 5.74) is 3.37. The molecule has 0 bridgehead atoms. The van der Waals surface area contributed by atoms with Crippen LogP contribution in [0.5, 0.6) is 0 Å². The number of unbranched alkanes of at least 4 members (excludes halogenated alkanes) is 2. The first-order valence-corrected chi connectivity index (χ1v) is 14.5. The van der Waals surface area contributed by atoms with Crippen molar-refractivity contribution in [3.8, 4) is 0 Å². The van der Waals surface area contributed by atoms with Gasteiger partial charge >= 0.3 is 0 Å². The Morgan fingerprint density at radius 1 is 1.10 bits per heavy atom. The van der Waals surface area contributed by atoms with Crippen LogP contribution in [-0.2, 0) is 32.7 Å². The van der Waals surface area contributed by atoms with Crippen LogP contribution in [0, 0.1) is 0 Å². The van der Waals surface area contributed by atoms with E-state index in [4.69, 9.17) is 9.47 Å². The highest BCUT2D eigenvalue weighted by molar-refractivity contribution is 7.99. The zero-order valence-corrected chi connectivity index (χ0v) is 23.7. The summed E-state index contributed by atoms with van der Waals surface area (Å²) in [5.74, 6) is 0.586. The normalized spacial score (nSPS) is 18.8. The standard InChI is InChI=1S/C29H37N5O5S/c1-20(36)30-14-5-3-4-9-27(37)32-24-8-6-7-23(15-24)28-38-25(18-40-29-33-31-19-34(29)2)16-26(39-28)22-12-10-21(17-35)11-13-22/h6-8,10-13,15,19,25-26,28,35H,3-5,9,14,16-18H2,1-2H3,(H,30,36)(H,32,37). The lowest BCUT2D eigenvalue weighted by Gasteiger charge is -2.36. The van der Waals surface area contributed by atoms with Crippen molar-refractivity contribution in [3.05, 3.63) is 71.5 Å². The smallest absolute Gasteiger partial charge is 0.224 e. The molecule has 0 radical (unpaired) electrons. The number of carbonyl (C=O) groups is 2. The molecule has 11 heteroatoms. The molecule has 2 aromatic carbocycles. The number of ether oxygens (including phenoxy) is 2. The fraction of sp³-hybridized carbons (Fsp3) is 0.448. The third-order valence-electron chi connectivity index (χ3n) is 6.58. The second kappa shape index (κ2) is 14.9. The Labute approximate surface area is 238 Å². The molecular formula is C29H37N5O5S. The maximum atomic E-state index is 12.5. The van der Waals surface area contributed by atoms with Gasteiger partial charge in [-0.3, -0.25) is 9.59 Å². The van der Waals surface area contributed by atoms with E-state index < -0.39 is 6.29 Å². The van der Waals surface area contributed by atoms with Gasteiger partial charge in [-0.1, -0.05) is 54.6 Å². The maximum absolute atomic E-state index is 12.5. The third kappa shape index (κ3) is 8.88. The van der Waals surface area contributed by atoms with Gasteiger partial charge in [0.05, 0.1) is 18.8 Å². The van der Waals surface area contributed by atoms with Crippen molar-refractivity contribution in [1.29, 1.82) is 0 Å². The number of anilines is 1. The zero-order valence-electron chi connectivity index (χ0n) is 22.9. The highest BCUT2D eigenvalue weighted by atomic mass is 32.2. The van der Waals surface area contributed by atoms with Gasteiger partial charge in [-0.05, 0) is 36.1 Å². The first kappa shape index (κ1) is 29.7. The van der Waals surface area contributed by atoms with E-state index in [1.807, 2.05) is 60.1 Å². The molecule has 0 saturated carbocycles. The van der Waals surface area contributed by atoms with Gasteiger partial charge in [0, 0.05) is 50.4 Å². The molecule has 1 aromatic heterocycles. The number of carbonyl (C=O) groups excluding carboxylic acids is 2. The number of hydrogen-bond acceptors (Lipinski definition) is 8. The van der Waals surface area contributed by atoms with Crippen LogP contribution in [0.25, 0.3) is 0 Å². The molecule has 0 aliphatic carbocycles. The van der Waals surface area contributed by atoms with Gasteiger partial charge in [-0.15, -0.1) is 10.2 Å². The molecular weight excluding hydrogens is 530 g/mol. The van der Waals surface area contributed by atoms with Crippen LogP contribution >= 0.6 is 11.8 Å². The molecule has 40 heavy (non-hydrogen) atoms. The topological polar surface area (TPSA) is 128 Å². The first-order valence-electron chi connectivity index (χ1n) is 13.5. The van der Waals surface area contributed by atoms with Gasteiger partial charge < -0.3 is 29.8 Å². The minimum atomic E-state index is -0.619. The number of rotatable bonds is 13. The molecule has 2 amide bonds. The summed E-state index contributed by atoms with van der Waals surface area (Å²) in [6.45, 7) is 2.12. The number of aryl methyl sites for hydroxylation is 1. The highest BCUT2D eigenvalue weighted by Crippen LogP contribution is 2.39. The van der Waals surface area contributed by atoms with E-state index in [2.05, 4.69) is 20.8 Å². The molecule has 3 unspecified atom stereocenters. The molecule has 1 saturated heterocycles. The van der Waals surface area contributed by atoms with E-state index in [0.717, 1.165) is 41.1 Å². The lowest BCUT2D eigenvalue weighted by atomic mass is 10.0. The van der Waals surface area contributed by atoms with Crippen molar-refractivity contribution >= 4 is 29.3 Å². The number of nitrogens with one attached hydrogen (secondary N) is 2. The summed E-state index contributed by atoms with van der Waals surface area (Å²) in [5, 5.41) is 24.1. The summed E-state index contributed by atoms with van der Waals surface area (Å²) in [6, 6.07) is 15.3. The van der Waals surface area contributed by atoms with E-state index in [1.165, 1.54) is 6.92 Å². The number of thioether (sulfide) groups is 1. The fourth-order valence-electron chi connectivity index (χ4n) is 4.43. The van der Waals surface area contributed by atoms with Crippen molar-refractivity contribution in [2.75, 3.05) is 17.6 Å². The number of nitrogens with zero attached hydrogens (tertiary/aromatic N) is 3. The first-order chi connectivity index (χ1) is 19.4. The number of benzene rings is 2. The Morgan fingerprint density at radius 3 is 2.65 bits per heavy atom. The molecule has 3 atom stereocenters. The molecule has 2 heterocycles. The van der Waals surface area contributed by atoms with E-state index in [0.29, 0.717) is 30.8 Å². The quantitative estimate of drug-likeness (QED) is 0.206. The second-order valence-corrected chi connectivity index (χ2v) is 10.8. The van der Waals surface area contributed by atoms with E-state index in [1.54, 1.807) is 18.1 Å². The van der Waals surface area contributed by atoms with Crippen molar-refractivity contribution in [2.24, 2.45) is 7.05 Å². The summed E-state index contributed by atoms with van der Waals surface area (Å²) in [4.78, 5) is 23.5. The molecule has 3 aromatic rings. The van der Waals surface area contributed by atoms with Crippen LogP contribution in [0.4, 0.5) is 5.69 Å². The molecule has 1 aliphatic heterocycles. The van der Waals surface area contributed by atoms with Crippen LogP contribution in [-0.4, -0.2) is 50.1 Å². The SMILES string of the molecule is CC(=O)NCCCCCC(=O)Nc1cccc(C2OC(CSc3nncn3C)CC(c3ccc(CO)cc3)O2)c1. The summed E-state index contributed by atoms with van der Waals surface area (Å²) in [7, 11) is 1.91. The maximum Gasteiger partial charge on any atom is 0.224 e. The van der Waals surface area contributed by atoms with Crippen LogP contribution in [0.3, 0.4) is 0 Å². The molecule has 3 N–H and O–H groups in total. The monoisotopic (exact) mass is 567 g/mol. The van der Waals surface area contributed by atoms with Gasteiger partial charge in [-0.25, -0.2) is 0 Å². The van der Waals surface area contributed by atoms with Gasteiger partial charge in [0.25, 0.3) is 0 Å². The van der Waals surface area contributed by atoms with Crippen LogP contribution < -0.4 is 10.6 Å². The number of aromatic nitrogens is 3. The lowest BCUT2D eigenvalue weighted by molar-refractivity contribution is -0.245. The average Bonchev–Trinajstić information content (AvgIpc) is 3.38. The number of hydrogen-bond donors (Lipinski definition) is 3. The average molecular weight is 568 g/mol. The molecule has 1 fully saturated rings. The van der Waals surface area contributed by atoms with Crippen molar-refractivity contribution in [1.82, 2.24) is 20.1 Å². The second-order valence-electron chi connectivity index (χ2n) is 9.85. The van der Waals surface area contributed by atoms with Gasteiger partial charge in [0.15, 0.2) is 11.4 Å². The summed E-state index contributed by atoms with van der Waals surface area (Å²) >= 11 is 1.58. The van der Waals surface area contributed by atoms with E-state index >= 15 is 0 Å². The zero-order chi connectivity index (χ0) is 28.3. The largest absolute Gasteiger partial charge is 0.392 e. The van der Waals surface area contributed by atoms with Crippen molar-refractivity contribution in [3.63, 3.8) is 0 Å². The Balaban J connectivity index is 1.40. The minimum Gasteiger partial charge on any atom is -0.392 e. The van der Waals surface area contributed by atoms with Crippen LogP contribution in [0.2, 0.25) is 0 Å². The lowest BCUT2D eigenvalue weighted by Crippen LogP contribution is -2.31. The van der Waals surface area contributed by atoms with Crippen molar-refractivity contribution in [2.45, 2.75) is 69.3 Å². The van der Waals surface area contributed by atoms with Gasteiger partial charge in [0.1, 0.15) is 6.33 Å². The fourth-order valence-corrected chi connectivity index (χ4v) is 5.34. The molecule has 0 spiro atoms. The molecule has 4 rings (SSSR count). The third-order valence-corrected chi connectivity index (χ3v) is 7.75. The predicted octanol–water partition coefficient (Wildman–Crippen LogP) is 4.28. The number of aliphatic hydroxyl groups is 1. The number of aliphatic hydroxyl groups excluding tert-OH is 1. The Hall–Kier alpha value is -3.25. The van der Waals surface area contributed by atoms with Crippen molar-refractivity contribution < 1.29 is 24.2 Å². The van der Waals surface area contributed by atoms with Gasteiger partial charge in [-0.2, -0.15) is 0 Å². The summed E-state index contributed by atoms with van der Waals surface area (Å²) < 4.78 is 14.7. The Morgan fingerprint density at radius 2 is 1.93 bits per heavy atom. The number of amides is 2. The summed E-state index contributed by atoms with van der Waals surface area (Å²) in [6.07, 6.45) is 4.28. The Bertz CT molecular complexity index is 1250. The predicted molar refractivity (Wildman–Crippen MR) is 152 cm³/mol. The van der Waals surface area contributed by atoms with Crippen LogP contribution in [0.1, 0.15) is 68.1 Å². The molecule has 214 valence electrons. The Kier molecular flexibility index (Phi) is 11.1. The highest BCUT2D eigenvalue weighted by Gasteiger charge is 2.32.